The van der Waals surface area contributed by atoms with Crippen molar-refractivity contribution in [3.05, 3.63) is 90.3 Å². The van der Waals surface area contributed by atoms with E-state index in [9.17, 15) is 8.78 Å². The number of rotatable bonds is 6. The highest BCUT2D eigenvalue weighted by atomic mass is 19.2. The lowest BCUT2D eigenvalue weighted by molar-refractivity contribution is 0.296. The fraction of sp³-hybridized carbons (Fsp3) is 0.286. The Morgan fingerprint density at radius 3 is 2.19 bits per heavy atom. The Kier molecular flexibility index (Phi) is 6.31. The summed E-state index contributed by atoms with van der Waals surface area (Å²) < 4.78 is 43.8. The molecule has 0 heterocycles. The van der Waals surface area contributed by atoms with E-state index in [1.165, 1.54) is 43.4 Å². The number of allylic oxidation sites excluding steroid dienone is 1. The fourth-order valence-corrected chi connectivity index (χ4v) is 4.71. The molecule has 4 rings (SSSR count). The molecule has 0 spiro atoms. The lowest BCUT2D eigenvalue weighted by Crippen LogP contribution is -2.13. The molecule has 0 bridgehead atoms. The standard InChI is InChI=1S/C28H27F3/c1-3-18-5-7-19(8-6-18)9-10-20-11-13-22(14-12-20)24-16-15-23-17-21(4-2)26(29)28(31)25(23)27(24)30/h3-4,11-19H,1-2,5-10H2. The van der Waals surface area contributed by atoms with Crippen LogP contribution in [0.3, 0.4) is 0 Å². The van der Waals surface area contributed by atoms with Gasteiger partial charge in [-0.3, -0.25) is 0 Å². The Morgan fingerprint density at radius 1 is 0.839 bits per heavy atom. The summed E-state index contributed by atoms with van der Waals surface area (Å²) in [4.78, 5) is 0. The van der Waals surface area contributed by atoms with Crippen LogP contribution in [0.4, 0.5) is 13.2 Å². The van der Waals surface area contributed by atoms with E-state index in [2.05, 4.69) is 19.2 Å². The van der Waals surface area contributed by atoms with Crippen LogP contribution in [-0.2, 0) is 6.42 Å². The van der Waals surface area contributed by atoms with Crippen molar-refractivity contribution in [2.24, 2.45) is 11.8 Å². The van der Waals surface area contributed by atoms with Gasteiger partial charge in [0.05, 0.1) is 5.39 Å². The van der Waals surface area contributed by atoms with E-state index in [1.54, 1.807) is 12.1 Å². The van der Waals surface area contributed by atoms with Gasteiger partial charge in [-0.05, 0) is 72.9 Å². The van der Waals surface area contributed by atoms with Gasteiger partial charge >= 0.3 is 0 Å². The van der Waals surface area contributed by atoms with Crippen LogP contribution < -0.4 is 0 Å². The number of hydrogen-bond donors (Lipinski definition) is 0. The highest BCUT2D eigenvalue weighted by Gasteiger charge is 2.20. The first-order valence-electron chi connectivity index (χ1n) is 11.0. The van der Waals surface area contributed by atoms with E-state index >= 15 is 4.39 Å². The van der Waals surface area contributed by atoms with Gasteiger partial charge in [-0.15, -0.1) is 6.58 Å². The molecule has 3 aromatic rings. The smallest absolute Gasteiger partial charge is 0.170 e. The lowest BCUT2D eigenvalue weighted by atomic mass is 9.79. The molecule has 0 radical (unpaired) electrons. The first-order chi connectivity index (χ1) is 15.0. The minimum absolute atomic E-state index is 0.0273. The van der Waals surface area contributed by atoms with Crippen molar-refractivity contribution < 1.29 is 13.2 Å². The third-order valence-corrected chi connectivity index (χ3v) is 6.70. The maximum absolute atomic E-state index is 15.1. The molecule has 3 aromatic carbocycles. The highest BCUT2D eigenvalue weighted by Crippen LogP contribution is 2.34. The molecule has 1 saturated carbocycles. The van der Waals surface area contributed by atoms with E-state index in [1.807, 2.05) is 24.3 Å². The molecule has 31 heavy (non-hydrogen) atoms. The molecular weight excluding hydrogens is 393 g/mol. The van der Waals surface area contributed by atoms with Crippen molar-refractivity contribution in [2.75, 3.05) is 0 Å². The molecule has 0 aromatic heterocycles. The minimum atomic E-state index is -1.17. The maximum Gasteiger partial charge on any atom is 0.170 e. The summed E-state index contributed by atoms with van der Waals surface area (Å²) in [5, 5.41) is -0.00218. The van der Waals surface area contributed by atoms with Crippen molar-refractivity contribution in [2.45, 2.75) is 38.5 Å². The molecule has 0 unspecified atom stereocenters. The molecule has 0 aliphatic heterocycles. The van der Waals surface area contributed by atoms with Crippen LogP contribution in [0.5, 0.6) is 0 Å². The fourth-order valence-electron chi connectivity index (χ4n) is 4.71. The Balaban J connectivity index is 1.52. The first-order valence-corrected chi connectivity index (χ1v) is 11.0. The van der Waals surface area contributed by atoms with Crippen LogP contribution in [0.25, 0.3) is 28.0 Å². The predicted octanol–water partition coefficient (Wildman–Crippen LogP) is 8.49. The Morgan fingerprint density at radius 2 is 1.55 bits per heavy atom. The summed E-state index contributed by atoms with van der Waals surface area (Å²) in [6.07, 6.45) is 10.4. The van der Waals surface area contributed by atoms with Crippen LogP contribution >= 0.6 is 0 Å². The van der Waals surface area contributed by atoms with E-state index in [0.29, 0.717) is 16.9 Å². The molecular formula is C28H27F3. The van der Waals surface area contributed by atoms with Crippen LogP contribution in [0, 0.1) is 29.3 Å². The Hall–Kier alpha value is -2.81. The van der Waals surface area contributed by atoms with Crippen LogP contribution in [0.1, 0.15) is 43.2 Å². The van der Waals surface area contributed by atoms with Crippen LogP contribution in [0.2, 0.25) is 0 Å². The van der Waals surface area contributed by atoms with Crippen molar-refractivity contribution in [3.63, 3.8) is 0 Å². The third-order valence-electron chi connectivity index (χ3n) is 6.70. The number of benzene rings is 3. The van der Waals surface area contributed by atoms with Gasteiger partial charge in [0, 0.05) is 11.1 Å². The molecule has 0 amide bonds. The van der Waals surface area contributed by atoms with E-state index in [4.69, 9.17) is 0 Å². The predicted molar refractivity (Wildman–Crippen MR) is 123 cm³/mol. The molecule has 0 N–H and O–H groups in total. The summed E-state index contributed by atoms with van der Waals surface area (Å²) in [6.45, 7) is 7.39. The van der Waals surface area contributed by atoms with Gasteiger partial charge in [-0.2, -0.15) is 0 Å². The molecule has 0 saturated heterocycles. The van der Waals surface area contributed by atoms with Crippen molar-refractivity contribution in [3.8, 4) is 11.1 Å². The largest absolute Gasteiger partial charge is 0.206 e. The van der Waals surface area contributed by atoms with E-state index in [-0.39, 0.29) is 16.5 Å². The zero-order chi connectivity index (χ0) is 22.0. The summed E-state index contributed by atoms with van der Waals surface area (Å²) in [5.74, 6) is -1.55. The maximum atomic E-state index is 15.1. The summed E-state index contributed by atoms with van der Waals surface area (Å²) in [7, 11) is 0. The second-order valence-electron chi connectivity index (χ2n) is 8.58. The summed E-state index contributed by atoms with van der Waals surface area (Å²) >= 11 is 0. The SMILES string of the molecule is C=Cc1cc2ccc(-c3ccc(CCC4CCC(C=C)CC4)cc3)c(F)c2c(F)c1F. The molecule has 160 valence electrons. The van der Waals surface area contributed by atoms with Gasteiger partial charge in [0.15, 0.2) is 11.6 Å². The van der Waals surface area contributed by atoms with Gasteiger partial charge in [-0.1, -0.05) is 55.1 Å². The molecule has 1 fully saturated rings. The molecule has 0 atom stereocenters. The van der Waals surface area contributed by atoms with Crippen molar-refractivity contribution in [1.29, 1.82) is 0 Å². The number of halogens is 3. The molecule has 1 aliphatic rings. The topological polar surface area (TPSA) is 0 Å². The average molecular weight is 421 g/mol. The molecule has 1 aliphatic carbocycles. The van der Waals surface area contributed by atoms with E-state index < -0.39 is 17.5 Å². The Bertz CT molecular complexity index is 1100. The number of hydrogen-bond acceptors (Lipinski definition) is 0. The van der Waals surface area contributed by atoms with Crippen molar-refractivity contribution in [1.82, 2.24) is 0 Å². The number of aryl methyl sites for hydroxylation is 1. The van der Waals surface area contributed by atoms with Crippen LogP contribution in [0.15, 0.2) is 61.7 Å². The van der Waals surface area contributed by atoms with Gasteiger partial charge in [0.25, 0.3) is 0 Å². The molecule has 3 heteroatoms. The lowest BCUT2D eigenvalue weighted by Gasteiger charge is -2.26. The average Bonchev–Trinajstić information content (AvgIpc) is 2.81. The quantitative estimate of drug-likeness (QED) is 0.351. The number of fused-ring (bicyclic) bond motifs is 1. The van der Waals surface area contributed by atoms with E-state index in [0.717, 1.165) is 18.8 Å². The van der Waals surface area contributed by atoms with Crippen molar-refractivity contribution >= 4 is 16.8 Å². The monoisotopic (exact) mass is 420 g/mol. The second-order valence-corrected chi connectivity index (χ2v) is 8.58. The zero-order valence-corrected chi connectivity index (χ0v) is 17.6. The summed E-state index contributed by atoms with van der Waals surface area (Å²) in [6, 6.07) is 12.4. The van der Waals surface area contributed by atoms with Gasteiger partial charge in [0.2, 0.25) is 0 Å². The normalized spacial score (nSPS) is 18.8. The van der Waals surface area contributed by atoms with Gasteiger partial charge < -0.3 is 0 Å². The minimum Gasteiger partial charge on any atom is -0.206 e. The highest BCUT2D eigenvalue weighted by molar-refractivity contribution is 5.90. The molecule has 0 nitrogen and oxygen atoms in total. The summed E-state index contributed by atoms with van der Waals surface area (Å²) in [5.41, 5.74) is 2.16. The Labute approximate surface area is 182 Å². The van der Waals surface area contributed by atoms with Gasteiger partial charge in [-0.25, -0.2) is 13.2 Å². The first kappa shape index (κ1) is 21.4. The van der Waals surface area contributed by atoms with Crippen LogP contribution in [-0.4, -0.2) is 0 Å². The third kappa shape index (κ3) is 4.32. The second kappa shape index (κ2) is 9.13. The zero-order valence-electron chi connectivity index (χ0n) is 17.6. The van der Waals surface area contributed by atoms with Gasteiger partial charge in [0.1, 0.15) is 5.82 Å².